The van der Waals surface area contributed by atoms with Crippen molar-refractivity contribution in [2.45, 2.75) is 82.2 Å². The van der Waals surface area contributed by atoms with Gasteiger partial charge < -0.3 is 10.4 Å². The third-order valence-corrected chi connectivity index (χ3v) is 7.77. The van der Waals surface area contributed by atoms with E-state index in [1.807, 2.05) is 4.90 Å². The van der Waals surface area contributed by atoms with Crippen molar-refractivity contribution in [2.24, 2.45) is 17.8 Å². The molecule has 1 saturated heterocycles. The highest BCUT2D eigenvalue weighted by Crippen LogP contribution is 2.53. The molecule has 5 fully saturated rings. The summed E-state index contributed by atoms with van der Waals surface area (Å²) in [7, 11) is 0. The highest BCUT2D eigenvalue weighted by Gasteiger charge is 2.48. The Hall–Kier alpha value is -1.12. The lowest BCUT2D eigenvalue weighted by atomic mass is 9.65. The van der Waals surface area contributed by atoms with Gasteiger partial charge in [-0.05, 0) is 82.1 Å². The van der Waals surface area contributed by atoms with Crippen LogP contribution in [-0.4, -0.2) is 44.7 Å². The largest absolute Gasteiger partial charge is 0.433 e. The first-order valence-corrected chi connectivity index (χ1v) is 11.4. The molecule has 5 nitrogen and oxygen atoms in total. The highest BCUT2D eigenvalue weighted by molar-refractivity contribution is 5.85. The summed E-state index contributed by atoms with van der Waals surface area (Å²) in [5.41, 5.74) is -0.911. The van der Waals surface area contributed by atoms with E-state index in [0.717, 1.165) is 38.0 Å². The van der Waals surface area contributed by atoms with Crippen LogP contribution in [-0.2, 0) is 12.7 Å². The number of piperidine rings is 1. The molecule has 174 valence electrons. The predicted molar refractivity (Wildman–Crippen MR) is 114 cm³/mol. The average Bonchev–Trinajstić information content (AvgIpc) is 2.86. The SMILES string of the molecule is Cl.OC1CCCN(Cc2cnc(NC34CCC5CC(CC(C5)C3)C4)nc2C(F)(F)F)C1. The van der Waals surface area contributed by atoms with Crippen LogP contribution < -0.4 is 5.32 Å². The van der Waals surface area contributed by atoms with Crippen molar-refractivity contribution in [3.8, 4) is 0 Å². The molecule has 2 N–H and O–H groups in total. The molecule has 0 amide bonds. The molecule has 2 heterocycles. The van der Waals surface area contributed by atoms with Crippen molar-refractivity contribution in [3.05, 3.63) is 17.5 Å². The molecule has 1 aliphatic heterocycles. The Morgan fingerprint density at radius 3 is 2.52 bits per heavy atom. The van der Waals surface area contributed by atoms with Gasteiger partial charge in [0, 0.05) is 30.4 Å². The summed E-state index contributed by atoms with van der Waals surface area (Å²) in [5.74, 6) is 2.27. The van der Waals surface area contributed by atoms with Gasteiger partial charge in [0.05, 0.1) is 6.10 Å². The molecule has 3 atom stereocenters. The summed E-state index contributed by atoms with van der Waals surface area (Å²) in [4.78, 5) is 10.2. The quantitative estimate of drug-likeness (QED) is 0.685. The second-order valence-corrected chi connectivity index (χ2v) is 10.3. The zero-order chi connectivity index (χ0) is 20.9. The van der Waals surface area contributed by atoms with E-state index in [1.165, 1.54) is 25.5 Å². The predicted octanol–water partition coefficient (Wildman–Crippen LogP) is 4.64. The zero-order valence-corrected chi connectivity index (χ0v) is 18.5. The number of hydrogen-bond acceptors (Lipinski definition) is 5. The van der Waals surface area contributed by atoms with Crippen molar-refractivity contribution in [2.75, 3.05) is 18.4 Å². The van der Waals surface area contributed by atoms with Gasteiger partial charge in [-0.25, -0.2) is 9.97 Å². The number of halogens is 4. The van der Waals surface area contributed by atoms with Crippen LogP contribution in [0.4, 0.5) is 19.1 Å². The van der Waals surface area contributed by atoms with Crippen LogP contribution in [0.2, 0.25) is 0 Å². The van der Waals surface area contributed by atoms with Crippen molar-refractivity contribution in [3.63, 3.8) is 0 Å². The van der Waals surface area contributed by atoms with E-state index >= 15 is 0 Å². The Balaban J connectivity index is 0.00000231. The molecule has 6 rings (SSSR count). The highest BCUT2D eigenvalue weighted by atomic mass is 35.5. The molecule has 31 heavy (non-hydrogen) atoms. The molecule has 1 aromatic rings. The Morgan fingerprint density at radius 1 is 1.13 bits per heavy atom. The number of rotatable bonds is 4. The molecular weight excluding hydrogens is 429 g/mol. The number of aromatic nitrogens is 2. The van der Waals surface area contributed by atoms with Gasteiger partial charge in [0.1, 0.15) is 0 Å². The number of anilines is 1. The van der Waals surface area contributed by atoms with Crippen molar-refractivity contribution in [1.82, 2.24) is 14.9 Å². The molecular formula is C22H32ClF3N4O. The van der Waals surface area contributed by atoms with E-state index in [4.69, 9.17) is 0 Å². The number of aliphatic hydroxyl groups excluding tert-OH is 1. The summed E-state index contributed by atoms with van der Waals surface area (Å²) in [6.45, 7) is 1.19. The summed E-state index contributed by atoms with van der Waals surface area (Å²) >= 11 is 0. The van der Waals surface area contributed by atoms with E-state index in [2.05, 4.69) is 15.3 Å². The van der Waals surface area contributed by atoms with Gasteiger partial charge in [0.25, 0.3) is 0 Å². The number of β-amino-alcohol motifs (C(OH)–C–C–N with tert-alkyl or cyclic N) is 1. The standard InChI is InChI=1S/C22H31F3N4O.ClH/c23-22(24,25)19-17(12-29-5-1-2-18(30)13-29)11-26-20(27-19)28-21-4-3-14-6-15(9-21)8-16(7-14)10-21;/h11,14-16,18,30H,1-10,12-13H2,(H,26,27,28);1H. The molecule has 5 aliphatic rings. The number of likely N-dealkylation sites (tertiary alicyclic amines) is 1. The van der Waals surface area contributed by atoms with Gasteiger partial charge in [0.2, 0.25) is 5.95 Å². The zero-order valence-electron chi connectivity index (χ0n) is 17.7. The van der Waals surface area contributed by atoms with Crippen LogP contribution >= 0.6 is 12.4 Å². The lowest BCUT2D eigenvalue weighted by molar-refractivity contribution is -0.142. The van der Waals surface area contributed by atoms with Crippen molar-refractivity contribution in [1.29, 1.82) is 0 Å². The molecule has 9 heteroatoms. The maximum Gasteiger partial charge on any atom is 0.433 e. The van der Waals surface area contributed by atoms with Crippen LogP contribution in [0.1, 0.15) is 69.0 Å². The molecule has 4 saturated carbocycles. The maximum atomic E-state index is 13.8. The Labute approximate surface area is 187 Å². The fourth-order valence-corrected chi connectivity index (χ4v) is 6.79. The fourth-order valence-electron chi connectivity index (χ4n) is 6.79. The minimum atomic E-state index is -4.53. The smallest absolute Gasteiger partial charge is 0.392 e. The third kappa shape index (κ3) is 4.96. The van der Waals surface area contributed by atoms with Crippen LogP contribution in [0, 0.1) is 17.8 Å². The Kier molecular flexibility index (Phi) is 6.45. The number of fused-ring (bicyclic) bond motifs is 1. The topological polar surface area (TPSA) is 61.3 Å². The van der Waals surface area contributed by atoms with Gasteiger partial charge in [0.15, 0.2) is 5.69 Å². The minimum absolute atomic E-state index is 0. The first-order valence-electron chi connectivity index (χ1n) is 11.4. The first-order chi connectivity index (χ1) is 14.3. The first kappa shape index (κ1) is 23.1. The summed E-state index contributed by atoms with van der Waals surface area (Å²) < 4.78 is 41.5. The maximum absolute atomic E-state index is 13.8. The van der Waals surface area contributed by atoms with E-state index < -0.39 is 18.0 Å². The molecule has 1 aromatic heterocycles. The molecule has 0 spiro atoms. The van der Waals surface area contributed by atoms with Crippen LogP contribution in [0.25, 0.3) is 0 Å². The van der Waals surface area contributed by atoms with Crippen LogP contribution in [0.3, 0.4) is 0 Å². The summed E-state index contributed by atoms with van der Waals surface area (Å²) in [6.07, 6.45) is 5.85. The number of nitrogens with zero attached hydrogens (tertiary/aromatic N) is 3. The Bertz CT molecular complexity index is 779. The number of aliphatic hydroxyl groups is 1. The average molecular weight is 461 g/mol. The van der Waals surface area contributed by atoms with Crippen molar-refractivity contribution < 1.29 is 18.3 Å². The van der Waals surface area contributed by atoms with Gasteiger partial charge >= 0.3 is 6.18 Å². The molecule has 4 bridgehead atoms. The van der Waals surface area contributed by atoms with E-state index in [0.29, 0.717) is 31.3 Å². The number of alkyl halides is 3. The lowest BCUT2D eigenvalue weighted by Gasteiger charge is -2.45. The van der Waals surface area contributed by atoms with Crippen LogP contribution in [0.5, 0.6) is 0 Å². The van der Waals surface area contributed by atoms with Gasteiger partial charge in [-0.2, -0.15) is 13.2 Å². The lowest BCUT2D eigenvalue weighted by Crippen LogP contribution is -2.45. The molecule has 0 aromatic carbocycles. The number of nitrogens with one attached hydrogen (secondary N) is 1. The number of hydrogen-bond donors (Lipinski definition) is 2. The minimum Gasteiger partial charge on any atom is -0.392 e. The summed E-state index contributed by atoms with van der Waals surface area (Å²) in [5, 5.41) is 13.2. The van der Waals surface area contributed by atoms with Gasteiger partial charge in [-0.15, -0.1) is 12.4 Å². The van der Waals surface area contributed by atoms with Crippen LogP contribution in [0.15, 0.2) is 6.20 Å². The molecule has 4 aliphatic carbocycles. The van der Waals surface area contributed by atoms with E-state index in [9.17, 15) is 18.3 Å². The molecule has 0 radical (unpaired) electrons. The molecule has 3 unspecified atom stereocenters. The van der Waals surface area contributed by atoms with Gasteiger partial charge in [-0.1, -0.05) is 0 Å². The fraction of sp³-hybridized carbons (Fsp3) is 0.818. The van der Waals surface area contributed by atoms with Gasteiger partial charge in [-0.3, -0.25) is 4.90 Å². The second-order valence-electron chi connectivity index (χ2n) is 10.3. The monoisotopic (exact) mass is 460 g/mol. The van der Waals surface area contributed by atoms with E-state index in [1.54, 1.807) is 0 Å². The third-order valence-electron chi connectivity index (χ3n) is 7.77. The Morgan fingerprint density at radius 2 is 1.84 bits per heavy atom. The summed E-state index contributed by atoms with van der Waals surface area (Å²) in [6, 6.07) is 0. The van der Waals surface area contributed by atoms with E-state index in [-0.39, 0.29) is 36.0 Å². The normalized spacial score (nSPS) is 35.5. The second kappa shape index (κ2) is 8.67. The van der Waals surface area contributed by atoms with Crippen molar-refractivity contribution >= 4 is 18.4 Å².